The maximum absolute atomic E-state index is 13.4. The van der Waals surface area contributed by atoms with Gasteiger partial charge in [-0.25, -0.2) is 8.78 Å². The molecule has 0 radical (unpaired) electrons. The van der Waals surface area contributed by atoms with Crippen LogP contribution in [0.15, 0.2) is 24.4 Å². The Morgan fingerprint density at radius 1 is 1.33 bits per heavy atom. The summed E-state index contributed by atoms with van der Waals surface area (Å²) in [7, 11) is 1.85. The van der Waals surface area contributed by atoms with E-state index in [4.69, 9.17) is 0 Å². The van der Waals surface area contributed by atoms with Crippen molar-refractivity contribution in [2.24, 2.45) is 7.05 Å². The first kappa shape index (κ1) is 12.5. The molecule has 1 N–H and O–H groups in total. The van der Waals surface area contributed by atoms with Crippen LogP contribution in [0.3, 0.4) is 0 Å². The molecule has 0 aliphatic rings. The molecule has 0 saturated carbocycles. The van der Waals surface area contributed by atoms with Crippen LogP contribution in [0.4, 0.5) is 14.5 Å². The van der Waals surface area contributed by atoms with E-state index in [2.05, 4.69) is 10.4 Å². The van der Waals surface area contributed by atoms with Gasteiger partial charge in [0.25, 0.3) is 0 Å². The number of benzene rings is 1. The second kappa shape index (κ2) is 5.16. The Morgan fingerprint density at radius 3 is 2.78 bits per heavy atom. The van der Waals surface area contributed by atoms with Crippen LogP contribution in [-0.4, -0.2) is 9.78 Å². The fraction of sp³-hybridized carbons (Fsp3) is 0.308. The number of aryl methyl sites for hydroxylation is 2. The molecule has 0 bridgehead atoms. The van der Waals surface area contributed by atoms with E-state index in [1.54, 1.807) is 4.68 Å². The highest BCUT2D eigenvalue weighted by Crippen LogP contribution is 2.17. The molecule has 5 heteroatoms. The summed E-state index contributed by atoms with van der Waals surface area (Å²) in [6.45, 7) is 2.49. The first-order valence-electron chi connectivity index (χ1n) is 5.80. The molecule has 0 aliphatic carbocycles. The van der Waals surface area contributed by atoms with E-state index in [0.29, 0.717) is 12.2 Å². The number of rotatable bonds is 4. The molecule has 0 amide bonds. The Bertz CT molecular complexity index is 549. The van der Waals surface area contributed by atoms with Gasteiger partial charge < -0.3 is 5.32 Å². The molecule has 1 aromatic heterocycles. The number of aromatic nitrogens is 2. The molecule has 18 heavy (non-hydrogen) atoms. The van der Waals surface area contributed by atoms with Crippen molar-refractivity contribution in [2.75, 3.05) is 5.32 Å². The van der Waals surface area contributed by atoms with Crippen molar-refractivity contribution in [3.8, 4) is 0 Å². The van der Waals surface area contributed by atoms with E-state index in [1.165, 1.54) is 12.1 Å². The normalized spacial score (nSPS) is 10.7. The fourth-order valence-electron chi connectivity index (χ4n) is 1.85. The molecule has 0 fully saturated rings. The van der Waals surface area contributed by atoms with Crippen molar-refractivity contribution in [1.82, 2.24) is 9.78 Å². The first-order chi connectivity index (χ1) is 8.60. The van der Waals surface area contributed by atoms with Gasteiger partial charge in [0.1, 0.15) is 11.6 Å². The third-order valence-electron chi connectivity index (χ3n) is 2.73. The zero-order valence-electron chi connectivity index (χ0n) is 10.4. The lowest BCUT2D eigenvalue weighted by Crippen LogP contribution is -2.03. The predicted molar refractivity (Wildman–Crippen MR) is 66.3 cm³/mol. The van der Waals surface area contributed by atoms with Gasteiger partial charge in [-0.2, -0.15) is 5.10 Å². The molecule has 0 saturated heterocycles. The Hall–Kier alpha value is -1.91. The molecule has 0 aliphatic heterocycles. The molecule has 3 nitrogen and oxygen atoms in total. The Labute approximate surface area is 104 Å². The largest absolute Gasteiger partial charge is 0.378 e. The highest BCUT2D eigenvalue weighted by atomic mass is 19.1. The molecular formula is C13H15F2N3. The van der Waals surface area contributed by atoms with Crippen LogP contribution in [0.25, 0.3) is 0 Å². The van der Waals surface area contributed by atoms with Crippen molar-refractivity contribution in [1.29, 1.82) is 0 Å². The van der Waals surface area contributed by atoms with Gasteiger partial charge in [-0.1, -0.05) is 6.92 Å². The van der Waals surface area contributed by atoms with Gasteiger partial charge in [0.15, 0.2) is 0 Å². The average Bonchev–Trinajstić information content (AvgIpc) is 2.68. The second-order valence-electron chi connectivity index (χ2n) is 4.11. The van der Waals surface area contributed by atoms with Crippen molar-refractivity contribution >= 4 is 5.69 Å². The first-order valence-corrected chi connectivity index (χ1v) is 5.80. The third kappa shape index (κ3) is 2.67. The van der Waals surface area contributed by atoms with Crippen LogP contribution < -0.4 is 5.32 Å². The van der Waals surface area contributed by atoms with Crippen LogP contribution in [0.5, 0.6) is 0 Å². The summed E-state index contributed by atoms with van der Waals surface area (Å²) in [5.41, 5.74) is 2.29. The summed E-state index contributed by atoms with van der Waals surface area (Å²) >= 11 is 0. The molecule has 0 spiro atoms. The van der Waals surface area contributed by atoms with Crippen molar-refractivity contribution in [3.63, 3.8) is 0 Å². The minimum atomic E-state index is -0.586. The van der Waals surface area contributed by atoms with E-state index in [-0.39, 0.29) is 0 Å². The Kier molecular flexibility index (Phi) is 3.60. The highest BCUT2D eigenvalue weighted by molar-refractivity contribution is 5.45. The van der Waals surface area contributed by atoms with Gasteiger partial charge in [-0.05, 0) is 18.6 Å². The molecule has 0 unspecified atom stereocenters. The smallest absolute Gasteiger partial charge is 0.149 e. The Balaban J connectivity index is 2.11. The summed E-state index contributed by atoms with van der Waals surface area (Å²) < 4.78 is 27.9. The molecule has 2 aromatic rings. The van der Waals surface area contributed by atoms with Crippen LogP contribution in [-0.2, 0) is 20.0 Å². The van der Waals surface area contributed by atoms with Gasteiger partial charge >= 0.3 is 0 Å². The third-order valence-corrected chi connectivity index (χ3v) is 2.73. The van der Waals surface area contributed by atoms with E-state index in [9.17, 15) is 8.78 Å². The molecule has 2 rings (SSSR count). The van der Waals surface area contributed by atoms with Gasteiger partial charge in [-0.15, -0.1) is 0 Å². The lowest BCUT2D eigenvalue weighted by Gasteiger charge is -2.07. The number of hydrogen-bond donors (Lipinski definition) is 1. The molecular weight excluding hydrogens is 236 g/mol. The number of halogens is 2. The number of anilines is 1. The topological polar surface area (TPSA) is 29.9 Å². The number of nitrogens with zero attached hydrogens (tertiary/aromatic N) is 2. The molecule has 1 heterocycles. The predicted octanol–water partition coefficient (Wildman–Crippen LogP) is 2.87. The van der Waals surface area contributed by atoms with E-state index in [0.717, 1.165) is 23.7 Å². The van der Waals surface area contributed by atoms with Gasteiger partial charge in [0.05, 0.1) is 11.4 Å². The standard InChI is InChI=1S/C13H15F2N3/c1-3-12-9(8-18(2)17-12)7-16-13-5-4-10(14)6-11(13)15/h4-6,8,16H,3,7H2,1-2H3. The number of nitrogens with one attached hydrogen (secondary N) is 1. The lowest BCUT2D eigenvalue weighted by molar-refractivity contribution is 0.585. The van der Waals surface area contributed by atoms with E-state index >= 15 is 0 Å². The Morgan fingerprint density at radius 2 is 2.11 bits per heavy atom. The maximum Gasteiger partial charge on any atom is 0.149 e. The van der Waals surface area contributed by atoms with Crippen molar-refractivity contribution < 1.29 is 8.78 Å². The minimum absolute atomic E-state index is 0.294. The zero-order chi connectivity index (χ0) is 13.1. The van der Waals surface area contributed by atoms with Crippen LogP contribution in [0, 0.1) is 11.6 Å². The summed E-state index contributed by atoms with van der Waals surface area (Å²) in [5, 5.41) is 7.25. The summed E-state index contributed by atoms with van der Waals surface area (Å²) in [5.74, 6) is -1.16. The fourth-order valence-corrected chi connectivity index (χ4v) is 1.85. The molecule has 0 atom stereocenters. The quantitative estimate of drug-likeness (QED) is 0.905. The van der Waals surface area contributed by atoms with Crippen LogP contribution in [0.2, 0.25) is 0 Å². The summed E-state index contributed by atoms with van der Waals surface area (Å²) in [4.78, 5) is 0. The zero-order valence-corrected chi connectivity index (χ0v) is 10.4. The lowest BCUT2D eigenvalue weighted by atomic mass is 10.2. The summed E-state index contributed by atoms with van der Waals surface area (Å²) in [6, 6.07) is 3.49. The van der Waals surface area contributed by atoms with E-state index in [1.807, 2.05) is 20.2 Å². The summed E-state index contributed by atoms with van der Waals surface area (Å²) in [6.07, 6.45) is 2.72. The van der Waals surface area contributed by atoms with Gasteiger partial charge in [0.2, 0.25) is 0 Å². The van der Waals surface area contributed by atoms with Crippen molar-refractivity contribution in [2.45, 2.75) is 19.9 Å². The van der Waals surface area contributed by atoms with Gasteiger partial charge in [0, 0.05) is 31.4 Å². The second-order valence-corrected chi connectivity index (χ2v) is 4.11. The average molecular weight is 251 g/mol. The maximum atomic E-state index is 13.4. The minimum Gasteiger partial charge on any atom is -0.378 e. The number of hydrogen-bond acceptors (Lipinski definition) is 2. The van der Waals surface area contributed by atoms with Gasteiger partial charge in [-0.3, -0.25) is 4.68 Å². The van der Waals surface area contributed by atoms with E-state index < -0.39 is 11.6 Å². The SMILES string of the molecule is CCc1nn(C)cc1CNc1ccc(F)cc1F. The monoisotopic (exact) mass is 251 g/mol. The highest BCUT2D eigenvalue weighted by Gasteiger charge is 2.07. The molecule has 96 valence electrons. The molecule has 1 aromatic carbocycles. The van der Waals surface area contributed by atoms with Crippen molar-refractivity contribution in [3.05, 3.63) is 47.3 Å². The van der Waals surface area contributed by atoms with Crippen LogP contribution in [0.1, 0.15) is 18.2 Å². The van der Waals surface area contributed by atoms with Crippen LogP contribution >= 0.6 is 0 Å².